The maximum atomic E-state index is 12.1. The fraction of sp³-hybridized carbons (Fsp3) is 0.312. The Bertz CT molecular complexity index is 715. The van der Waals surface area contributed by atoms with E-state index in [2.05, 4.69) is 12.0 Å². The summed E-state index contributed by atoms with van der Waals surface area (Å²) in [7, 11) is 0. The summed E-state index contributed by atoms with van der Waals surface area (Å²) in [5.41, 5.74) is 1.40. The molecule has 0 aliphatic carbocycles. The molecule has 0 spiro atoms. The zero-order valence-electron chi connectivity index (χ0n) is 12.3. The molecule has 0 unspecified atom stereocenters. The Balaban J connectivity index is 2.62. The van der Waals surface area contributed by atoms with E-state index in [4.69, 9.17) is 5.11 Å². The van der Waals surface area contributed by atoms with Crippen LogP contribution in [-0.2, 0) is 6.42 Å². The molecule has 2 rings (SSSR count). The van der Waals surface area contributed by atoms with Gasteiger partial charge in [-0.2, -0.15) is 5.10 Å². The maximum Gasteiger partial charge on any atom is 0.360 e. The van der Waals surface area contributed by atoms with Gasteiger partial charge >= 0.3 is 5.97 Å². The molecular weight excluding hydrogens is 268 g/mol. The Labute approximate surface area is 122 Å². The maximum absolute atomic E-state index is 12.1. The van der Waals surface area contributed by atoms with Crippen LogP contribution in [0.5, 0.6) is 0 Å². The van der Waals surface area contributed by atoms with Gasteiger partial charge in [-0.15, -0.1) is 0 Å². The number of carboxylic acid groups (broad SMARTS) is 1. The van der Waals surface area contributed by atoms with Gasteiger partial charge < -0.3 is 5.11 Å². The van der Waals surface area contributed by atoms with E-state index in [-0.39, 0.29) is 5.92 Å². The molecule has 0 saturated heterocycles. The van der Waals surface area contributed by atoms with Crippen molar-refractivity contribution in [3.8, 4) is 5.69 Å². The van der Waals surface area contributed by atoms with Crippen LogP contribution in [0.1, 0.15) is 48.3 Å². The largest absolute Gasteiger partial charge is 0.476 e. The van der Waals surface area contributed by atoms with Crippen molar-refractivity contribution >= 4 is 5.97 Å². The van der Waals surface area contributed by atoms with Gasteiger partial charge in [-0.3, -0.25) is 4.79 Å². The van der Waals surface area contributed by atoms with E-state index in [0.717, 1.165) is 12.1 Å². The molecule has 0 saturated carbocycles. The lowest BCUT2D eigenvalue weighted by atomic mass is 10.0. The molecule has 0 amide bonds. The highest BCUT2D eigenvalue weighted by Crippen LogP contribution is 2.14. The van der Waals surface area contributed by atoms with Crippen LogP contribution in [0.4, 0.5) is 0 Å². The summed E-state index contributed by atoms with van der Waals surface area (Å²) >= 11 is 0. The summed E-state index contributed by atoms with van der Waals surface area (Å²) in [4.78, 5) is 23.3. The molecule has 0 bridgehead atoms. The van der Waals surface area contributed by atoms with Crippen LogP contribution in [0.2, 0.25) is 0 Å². The van der Waals surface area contributed by atoms with Gasteiger partial charge in [0.05, 0.1) is 5.69 Å². The van der Waals surface area contributed by atoms with Crippen molar-refractivity contribution < 1.29 is 9.90 Å². The molecule has 1 N–H and O–H groups in total. The molecule has 1 heterocycles. The highest BCUT2D eigenvalue weighted by atomic mass is 16.4. The second-order valence-electron chi connectivity index (χ2n) is 5.19. The first-order valence-electron chi connectivity index (χ1n) is 6.90. The Morgan fingerprint density at radius 3 is 2.38 bits per heavy atom. The molecule has 1 aromatic carbocycles. The number of hydrogen-bond acceptors (Lipinski definition) is 3. The summed E-state index contributed by atoms with van der Waals surface area (Å²) in [6, 6.07) is 7.66. The molecule has 5 nitrogen and oxygen atoms in total. The van der Waals surface area contributed by atoms with Crippen LogP contribution in [-0.4, -0.2) is 20.9 Å². The normalized spacial score (nSPS) is 10.9. The van der Waals surface area contributed by atoms with Crippen molar-refractivity contribution in [1.82, 2.24) is 9.78 Å². The minimum Gasteiger partial charge on any atom is -0.476 e. The lowest BCUT2D eigenvalue weighted by molar-refractivity contribution is 0.0686. The lowest BCUT2D eigenvalue weighted by Crippen LogP contribution is -2.25. The zero-order valence-corrected chi connectivity index (χ0v) is 12.3. The number of rotatable bonds is 4. The number of hydrogen-bond donors (Lipinski definition) is 1. The van der Waals surface area contributed by atoms with Crippen LogP contribution in [0.3, 0.4) is 0 Å². The van der Waals surface area contributed by atoms with Gasteiger partial charge in [-0.25, -0.2) is 9.48 Å². The van der Waals surface area contributed by atoms with Gasteiger partial charge in [-0.05, 0) is 30.0 Å². The summed E-state index contributed by atoms with van der Waals surface area (Å²) in [5, 5.41) is 13.1. The van der Waals surface area contributed by atoms with Crippen LogP contribution in [0.15, 0.2) is 35.3 Å². The van der Waals surface area contributed by atoms with Crippen LogP contribution >= 0.6 is 0 Å². The standard InChI is InChI=1S/C16H18N2O3/c1-4-11-5-7-12(8-6-11)18-9-13(10(2)3)15(19)14(17-18)16(20)21/h5-10H,4H2,1-3H3,(H,20,21). The number of benzene rings is 1. The minimum atomic E-state index is -1.30. The summed E-state index contributed by atoms with van der Waals surface area (Å²) in [6.07, 6.45) is 2.54. The van der Waals surface area contributed by atoms with Crippen molar-refractivity contribution in [3.05, 3.63) is 57.5 Å². The number of aryl methyl sites for hydroxylation is 1. The van der Waals surface area contributed by atoms with Gasteiger partial charge in [0.2, 0.25) is 11.1 Å². The van der Waals surface area contributed by atoms with Gasteiger partial charge in [-0.1, -0.05) is 32.9 Å². The Morgan fingerprint density at radius 1 is 1.29 bits per heavy atom. The Morgan fingerprint density at radius 2 is 1.90 bits per heavy atom. The third kappa shape index (κ3) is 3.02. The van der Waals surface area contributed by atoms with E-state index < -0.39 is 17.1 Å². The first kappa shape index (κ1) is 15.0. The average Bonchev–Trinajstić information content (AvgIpc) is 2.47. The van der Waals surface area contributed by atoms with Crippen LogP contribution in [0, 0.1) is 0 Å². The minimum absolute atomic E-state index is 0.0697. The molecule has 110 valence electrons. The van der Waals surface area contributed by atoms with Crippen molar-refractivity contribution in [1.29, 1.82) is 0 Å². The molecule has 0 fully saturated rings. The van der Waals surface area contributed by atoms with Crippen molar-refractivity contribution in [2.45, 2.75) is 33.1 Å². The van der Waals surface area contributed by atoms with E-state index in [0.29, 0.717) is 5.56 Å². The van der Waals surface area contributed by atoms with Crippen molar-refractivity contribution in [2.24, 2.45) is 0 Å². The molecule has 5 heteroatoms. The van der Waals surface area contributed by atoms with Gasteiger partial charge in [0.15, 0.2) is 0 Å². The van der Waals surface area contributed by atoms with Gasteiger partial charge in [0.25, 0.3) is 0 Å². The van der Waals surface area contributed by atoms with E-state index in [1.54, 1.807) is 6.20 Å². The monoisotopic (exact) mass is 286 g/mol. The smallest absolute Gasteiger partial charge is 0.360 e. The number of aromatic carboxylic acids is 1. The molecule has 0 aliphatic heterocycles. The highest BCUT2D eigenvalue weighted by molar-refractivity contribution is 5.85. The fourth-order valence-corrected chi connectivity index (χ4v) is 2.08. The molecule has 0 atom stereocenters. The highest BCUT2D eigenvalue weighted by Gasteiger charge is 2.18. The molecular formula is C16H18N2O3. The summed E-state index contributed by atoms with van der Waals surface area (Å²) in [5.74, 6) is -1.37. The second-order valence-corrected chi connectivity index (χ2v) is 5.19. The predicted octanol–water partition coefficient (Wildman–Crippen LogP) is 2.62. The SMILES string of the molecule is CCc1ccc(-n2cc(C(C)C)c(=O)c(C(=O)O)n2)cc1. The van der Waals surface area contributed by atoms with Gasteiger partial charge in [0.1, 0.15) is 0 Å². The molecule has 1 aromatic heterocycles. The molecule has 0 radical (unpaired) electrons. The van der Waals surface area contributed by atoms with Crippen molar-refractivity contribution in [2.75, 3.05) is 0 Å². The quantitative estimate of drug-likeness (QED) is 0.937. The second kappa shape index (κ2) is 5.91. The van der Waals surface area contributed by atoms with E-state index in [1.165, 1.54) is 10.2 Å². The lowest BCUT2D eigenvalue weighted by Gasteiger charge is -2.11. The van der Waals surface area contributed by atoms with E-state index >= 15 is 0 Å². The van der Waals surface area contributed by atoms with Crippen molar-refractivity contribution in [3.63, 3.8) is 0 Å². The number of carboxylic acids is 1. The Hall–Kier alpha value is -2.43. The predicted molar refractivity (Wildman–Crippen MR) is 80.3 cm³/mol. The number of carbonyl (C=O) groups is 1. The zero-order chi connectivity index (χ0) is 15.6. The Kier molecular flexibility index (Phi) is 4.21. The topological polar surface area (TPSA) is 72.2 Å². The van der Waals surface area contributed by atoms with E-state index in [1.807, 2.05) is 38.1 Å². The number of nitrogens with zero attached hydrogens (tertiary/aromatic N) is 2. The van der Waals surface area contributed by atoms with Gasteiger partial charge in [0, 0.05) is 11.8 Å². The third-order valence-electron chi connectivity index (χ3n) is 3.38. The first-order chi connectivity index (χ1) is 9.93. The van der Waals surface area contributed by atoms with Crippen LogP contribution < -0.4 is 5.43 Å². The molecule has 0 aliphatic rings. The molecule has 2 aromatic rings. The summed E-state index contributed by atoms with van der Waals surface area (Å²) < 4.78 is 1.46. The number of aromatic nitrogens is 2. The molecule has 21 heavy (non-hydrogen) atoms. The third-order valence-corrected chi connectivity index (χ3v) is 3.38. The van der Waals surface area contributed by atoms with E-state index in [9.17, 15) is 9.59 Å². The summed E-state index contributed by atoms with van der Waals surface area (Å²) in [6.45, 7) is 5.77. The fourth-order valence-electron chi connectivity index (χ4n) is 2.08. The van der Waals surface area contributed by atoms with Crippen LogP contribution in [0.25, 0.3) is 5.69 Å². The first-order valence-corrected chi connectivity index (χ1v) is 6.90. The average molecular weight is 286 g/mol.